The van der Waals surface area contributed by atoms with E-state index >= 15 is 0 Å². The fraction of sp³-hybridized carbons (Fsp3) is 1.00. The highest BCUT2D eigenvalue weighted by molar-refractivity contribution is 4.64. The molecule has 0 saturated heterocycles. The lowest BCUT2D eigenvalue weighted by atomic mass is 10.0. The summed E-state index contributed by atoms with van der Waals surface area (Å²) in [5.74, 6) is 0. The lowest BCUT2D eigenvalue weighted by molar-refractivity contribution is 0.236. The van der Waals surface area contributed by atoms with E-state index in [1.807, 2.05) is 0 Å². The molecule has 1 unspecified atom stereocenters. The minimum atomic E-state index is 0.766. The van der Waals surface area contributed by atoms with Gasteiger partial charge in [0.15, 0.2) is 0 Å². The molecule has 0 aromatic heterocycles. The fourth-order valence-corrected chi connectivity index (χ4v) is 6.87. The SMILES string of the molecule is CCCCCCCCCCCCCCCCCCCCN(C)C(C)CCCCCCCCCCCCCCCCCCC. The van der Waals surface area contributed by atoms with Crippen LogP contribution in [-0.4, -0.2) is 24.5 Å². The quantitative estimate of drug-likeness (QED) is 0.0633. The van der Waals surface area contributed by atoms with Gasteiger partial charge in [-0.15, -0.1) is 0 Å². The van der Waals surface area contributed by atoms with Gasteiger partial charge in [0.2, 0.25) is 0 Å². The Bertz CT molecular complexity index is 474. The van der Waals surface area contributed by atoms with Crippen molar-refractivity contribution in [2.75, 3.05) is 13.6 Å². The van der Waals surface area contributed by atoms with Crippen LogP contribution in [0.25, 0.3) is 0 Å². The van der Waals surface area contributed by atoms with Gasteiger partial charge in [-0.2, -0.15) is 0 Å². The minimum absolute atomic E-state index is 0.766. The summed E-state index contributed by atoms with van der Waals surface area (Å²) in [6.45, 7) is 8.38. The molecule has 260 valence electrons. The van der Waals surface area contributed by atoms with Gasteiger partial charge in [-0.1, -0.05) is 232 Å². The lowest BCUT2D eigenvalue weighted by Crippen LogP contribution is -2.29. The van der Waals surface area contributed by atoms with Crippen LogP contribution < -0.4 is 0 Å². The van der Waals surface area contributed by atoms with Gasteiger partial charge in [-0.25, -0.2) is 0 Å². The van der Waals surface area contributed by atoms with Crippen LogP contribution in [0, 0.1) is 0 Å². The summed E-state index contributed by atoms with van der Waals surface area (Å²) in [6.07, 6.45) is 52.7. The van der Waals surface area contributed by atoms with E-state index in [1.54, 1.807) is 0 Å². The first kappa shape index (κ1) is 43.0. The molecule has 0 radical (unpaired) electrons. The number of unbranched alkanes of at least 4 members (excludes halogenated alkanes) is 33. The van der Waals surface area contributed by atoms with E-state index < -0.39 is 0 Å². The Morgan fingerprint density at radius 2 is 0.512 bits per heavy atom. The molecule has 0 aliphatic rings. The standard InChI is InChI=1S/C42H87N/c1-5-7-9-11-13-15-17-19-21-23-25-27-29-31-33-35-37-39-41-43(4)42(3)40-38-36-34-32-30-28-26-24-22-20-18-16-14-12-10-8-6-2/h42H,5-41H2,1-4H3. The molecule has 0 aliphatic heterocycles. The molecule has 0 fully saturated rings. The first-order valence-electron chi connectivity index (χ1n) is 20.9. The normalized spacial score (nSPS) is 12.5. The summed E-state index contributed by atoms with van der Waals surface area (Å²) in [4.78, 5) is 2.64. The van der Waals surface area contributed by atoms with Gasteiger partial charge in [0, 0.05) is 6.04 Å². The molecule has 0 amide bonds. The van der Waals surface area contributed by atoms with E-state index in [2.05, 4.69) is 32.7 Å². The van der Waals surface area contributed by atoms with E-state index in [-0.39, 0.29) is 0 Å². The van der Waals surface area contributed by atoms with Crippen molar-refractivity contribution < 1.29 is 0 Å². The molecule has 43 heavy (non-hydrogen) atoms. The highest BCUT2D eigenvalue weighted by Gasteiger charge is 2.08. The number of hydrogen-bond donors (Lipinski definition) is 0. The monoisotopic (exact) mass is 606 g/mol. The smallest absolute Gasteiger partial charge is 0.00638 e. The van der Waals surface area contributed by atoms with Crippen molar-refractivity contribution in [2.24, 2.45) is 0 Å². The Hall–Kier alpha value is -0.0400. The number of hydrogen-bond acceptors (Lipinski definition) is 1. The van der Waals surface area contributed by atoms with Gasteiger partial charge in [0.05, 0.1) is 0 Å². The maximum absolute atomic E-state index is 2.64. The molecule has 0 aliphatic carbocycles. The zero-order chi connectivity index (χ0) is 31.3. The highest BCUT2D eigenvalue weighted by atomic mass is 15.1. The summed E-state index contributed by atoms with van der Waals surface area (Å²) in [6, 6.07) is 0.766. The maximum Gasteiger partial charge on any atom is 0.00638 e. The molecule has 0 saturated carbocycles. The van der Waals surface area contributed by atoms with Crippen LogP contribution in [-0.2, 0) is 0 Å². The summed E-state index contributed by atoms with van der Waals surface area (Å²) in [5.41, 5.74) is 0. The average Bonchev–Trinajstić information content (AvgIpc) is 3.01. The van der Waals surface area contributed by atoms with E-state index in [9.17, 15) is 0 Å². The first-order chi connectivity index (χ1) is 21.2. The molecule has 0 aromatic rings. The lowest BCUT2D eigenvalue weighted by Gasteiger charge is -2.24. The predicted molar refractivity (Wildman–Crippen MR) is 200 cm³/mol. The van der Waals surface area contributed by atoms with E-state index in [1.165, 1.54) is 238 Å². The van der Waals surface area contributed by atoms with Crippen LogP contribution >= 0.6 is 0 Å². The van der Waals surface area contributed by atoms with Gasteiger partial charge in [0.1, 0.15) is 0 Å². The summed E-state index contributed by atoms with van der Waals surface area (Å²) in [7, 11) is 2.37. The third kappa shape index (κ3) is 36.3. The van der Waals surface area contributed by atoms with Crippen LogP contribution in [0.15, 0.2) is 0 Å². The van der Waals surface area contributed by atoms with Crippen molar-refractivity contribution >= 4 is 0 Å². The van der Waals surface area contributed by atoms with Crippen LogP contribution in [0.4, 0.5) is 0 Å². The maximum atomic E-state index is 2.64. The third-order valence-electron chi connectivity index (χ3n) is 10.3. The fourth-order valence-electron chi connectivity index (χ4n) is 6.87. The molecular formula is C42H87N. The first-order valence-corrected chi connectivity index (χ1v) is 20.9. The zero-order valence-electron chi connectivity index (χ0n) is 31.2. The zero-order valence-corrected chi connectivity index (χ0v) is 31.2. The van der Waals surface area contributed by atoms with Gasteiger partial charge in [-0.3, -0.25) is 0 Å². The van der Waals surface area contributed by atoms with Gasteiger partial charge < -0.3 is 4.90 Å². The third-order valence-corrected chi connectivity index (χ3v) is 10.3. The summed E-state index contributed by atoms with van der Waals surface area (Å²) < 4.78 is 0. The summed E-state index contributed by atoms with van der Waals surface area (Å²) >= 11 is 0. The molecule has 0 heterocycles. The van der Waals surface area contributed by atoms with Crippen molar-refractivity contribution in [3.05, 3.63) is 0 Å². The highest BCUT2D eigenvalue weighted by Crippen LogP contribution is 2.17. The Morgan fingerprint density at radius 1 is 0.302 bits per heavy atom. The van der Waals surface area contributed by atoms with Gasteiger partial charge in [-0.05, 0) is 33.4 Å². The average molecular weight is 606 g/mol. The van der Waals surface area contributed by atoms with Crippen molar-refractivity contribution in [3.8, 4) is 0 Å². The van der Waals surface area contributed by atoms with Crippen LogP contribution in [0.3, 0.4) is 0 Å². The second-order valence-electron chi connectivity index (χ2n) is 14.8. The van der Waals surface area contributed by atoms with Crippen molar-refractivity contribution in [1.82, 2.24) is 4.90 Å². The van der Waals surface area contributed by atoms with E-state index in [0.717, 1.165) is 6.04 Å². The van der Waals surface area contributed by atoms with Gasteiger partial charge in [0.25, 0.3) is 0 Å². The summed E-state index contributed by atoms with van der Waals surface area (Å²) in [5, 5.41) is 0. The Labute approximate surface area is 275 Å². The van der Waals surface area contributed by atoms with Crippen molar-refractivity contribution in [1.29, 1.82) is 0 Å². The second kappa shape index (κ2) is 38.1. The molecule has 0 spiro atoms. The molecule has 0 aromatic carbocycles. The molecule has 0 N–H and O–H groups in total. The van der Waals surface area contributed by atoms with Crippen LogP contribution in [0.5, 0.6) is 0 Å². The van der Waals surface area contributed by atoms with Crippen molar-refractivity contribution in [2.45, 2.75) is 258 Å². The topological polar surface area (TPSA) is 3.24 Å². The van der Waals surface area contributed by atoms with Crippen LogP contribution in [0.2, 0.25) is 0 Å². The predicted octanol–water partition coefficient (Wildman–Crippen LogP) is 15.4. The van der Waals surface area contributed by atoms with E-state index in [0.29, 0.717) is 0 Å². The Balaban J connectivity index is 3.25. The molecule has 0 bridgehead atoms. The molecule has 1 heteroatoms. The molecule has 1 nitrogen and oxygen atoms in total. The minimum Gasteiger partial charge on any atom is -0.304 e. The van der Waals surface area contributed by atoms with E-state index in [4.69, 9.17) is 0 Å². The molecule has 0 rings (SSSR count). The Morgan fingerprint density at radius 3 is 0.767 bits per heavy atom. The second-order valence-corrected chi connectivity index (χ2v) is 14.8. The van der Waals surface area contributed by atoms with Crippen molar-refractivity contribution in [3.63, 3.8) is 0 Å². The number of nitrogens with zero attached hydrogens (tertiary/aromatic N) is 1. The largest absolute Gasteiger partial charge is 0.304 e. The molecule has 1 atom stereocenters. The number of rotatable bonds is 38. The van der Waals surface area contributed by atoms with Crippen LogP contribution in [0.1, 0.15) is 252 Å². The Kier molecular flexibility index (Phi) is 38.1. The molecular weight excluding hydrogens is 518 g/mol. The van der Waals surface area contributed by atoms with Gasteiger partial charge >= 0.3 is 0 Å².